The molecule has 2 fully saturated rings. The number of amides is 3. The SMILES string of the molecule is Cc1ncsc1-c1ccc([C@H](C)NC(=O)[C@@H]2C[C@@H]([O-])CN2C(=O)[C@@H](NC(=O)CC2CCN(c3cc(-c4ccccc4[O-])nnc3N)CC2)C(C)(C)C)cc1.[Na+].[Na+]. The Morgan fingerprint density at radius 3 is 2.32 bits per heavy atom. The first-order valence-corrected chi connectivity index (χ1v) is 19.3. The van der Waals surface area contributed by atoms with Gasteiger partial charge in [-0.05, 0) is 67.2 Å². The molecule has 2 aliphatic heterocycles. The van der Waals surface area contributed by atoms with E-state index in [1.54, 1.807) is 35.6 Å². The predicted molar refractivity (Wildman–Crippen MR) is 205 cm³/mol. The molecule has 16 heteroatoms. The maximum Gasteiger partial charge on any atom is 1.00 e. The summed E-state index contributed by atoms with van der Waals surface area (Å²) in [7, 11) is 0. The molecule has 2 aromatic carbocycles. The van der Waals surface area contributed by atoms with Crippen LogP contribution in [0.25, 0.3) is 21.7 Å². The topological polar surface area (TPSA) is 193 Å². The molecule has 0 aliphatic carbocycles. The number of carbonyl (C=O) groups excluding carboxylic acids is 3. The number of hydrogen-bond acceptors (Lipinski definition) is 11. The van der Waals surface area contributed by atoms with Crippen LogP contribution in [0.4, 0.5) is 11.5 Å². The predicted octanol–water partition coefficient (Wildman–Crippen LogP) is -2.42. The van der Waals surface area contributed by atoms with Crippen LogP contribution in [0.2, 0.25) is 0 Å². The van der Waals surface area contributed by atoms with Crippen molar-refractivity contribution in [1.82, 2.24) is 30.7 Å². The third kappa shape index (κ3) is 10.7. The molecule has 13 nitrogen and oxygen atoms in total. The van der Waals surface area contributed by atoms with Gasteiger partial charge in [0.2, 0.25) is 17.7 Å². The van der Waals surface area contributed by atoms with Gasteiger partial charge in [-0.2, -0.15) is 0 Å². The summed E-state index contributed by atoms with van der Waals surface area (Å²) in [4.78, 5) is 50.1. The van der Waals surface area contributed by atoms with Gasteiger partial charge in [-0.3, -0.25) is 14.4 Å². The number of carbonyl (C=O) groups is 3. The minimum Gasteiger partial charge on any atom is -0.872 e. The molecule has 4 aromatic rings. The van der Waals surface area contributed by atoms with E-state index in [1.807, 2.05) is 64.4 Å². The van der Waals surface area contributed by atoms with Crippen LogP contribution in [0, 0.1) is 18.3 Å². The van der Waals surface area contributed by atoms with Crippen LogP contribution in [0.3, 0.4) is 0 Å². The molecule has 286 valence electrons. The second-order valence-electron chi connectivity index (χ2n) is 15.5. The van der Waals surface area contributed by atoms with Crippen LogP contribution in [0.1, 0.15) is 70.7 Å². The summed E-state index contributed by atoms with van der Waals surface area (Å²) < 4.78 is 0. The monoisotopic (exact) mass is 798 g/mol. The first-order valence-electron chi connectivity index (χ1n) is 18.4. The number of benzene rings is 2. The quantitative estimate of drug-likeness (QED) is 0.146. The number of para-hydroxylation sites is 1. The maximum atomic E-state index is 14.1. The molecule has 6 rings (SSSR count). The van der Waals surface area contributed by atoms with Gasteiger partial charge >= 0.3 is 59.1 Å². The molecule has 0 spiro atoms. The van der Waals surface area contributed by atoms with Crippen molar-refractivity contribution >= 4 is 40.6 Å². The molecule has 4 N–H and O–H groups in total. The molecule has 4 heterocycles. The fraction of sp³-hybridized carbons (Fsp3) is 0.450. The van der Waals surface area contributed by atoms with E-state index in [4.69, 9.17) is 5.73 Å². The van der Waals surface area contributed by atoms with Gasteiger partial charge in [0.15, 0.2) is 5.82 Å². The Kier molecular flexibility index (Phi) is 15.9. The summed E-state index contributed by atoms with van der Waals surface area (Å²) in [5, 5.41) is 39.4. The van der Waals surface area contributed by atoms with Gasteiger partial charge in [0.25, 0.3) is 0 Å². The minimum absolute atomic E-state index is 0. The number of anilines is 2. The van der Waals surface area contributed by atoms with Crippen molar-refractivity contribution in [1.29, 1.82) is 0 Å². The number of nitrogens with two attached hydrogens (primary N) is 1. The van der Waals surface area contributed by atoms with Crippen LogP contribution in [-0.2, 0) is 14.4 Å². The van der Waals surface area contributed by atoms with Gasteiger partial charge in [0.05, 0.1) is 33.5 Å². The van der Waals surface area contributed by atoms with E-state index in [2.05, 4.69) is 30.7 Å². The Bertz CT molecular complexity index is 1980. The third-order valence-corrected chi connectivity index (χ3v) is 11.4. The standard InChI is InChI=1S/C40H49N8O5S.2Na/c1-23(26-10-12-27(13-11-26)35-24(2)42-22-54-35)43-38(52)32-19-28(49)21-48(32)39(53)36(40(3,4)5)44-34(51)18-25-14-16-47(17-15-25)31-20-30(45-46-37(31)41)29-8-6-7-9-33(29)50;;/h6-13,20,22-23,25,28,32,36,50H,14-19,21H2,1-5H3,(H2,41,46)(H,43,52)(H,44,51);;/q-1;2*+1/p-1/t23-,28+,32-,36+;;/m0../s1. The molecule has 0 saturated carbocycles. The average Bonchev–Trinajstić information content (AvgIpc) is 3.76. The number of piperidine rings is 1. The first kappa shape index (κ1) is 45.6. The Hall–Kier alpha value is -3.08. The Labute approximate surface area is 376 Å². The zero-order valence-electron chi connectivity index (χ0n) is 33.4. The molecular weight excluding hydrogens is 751 g/mol. The molecular formula is C40H48N8Na2O5S. The van der Waals surface area contributed by atoms with E-state index in [0.717, 1.165) is 21.7 Å². The van der Waals surface area contributed by atoms with E-state index >= 15 is 0 Å². The number of rotatable bonds is 10. The van der Waals surface area contributed by atoms with Gasteiger partial charge in [0.1, 0.15) is 12.1 Å². The number of aromatic nitrogens is 3. The van der Waals surface area contributed by atoms with E-state index in [1.165, 1.54) is 11.0 Å². The van der Waals surface area contributed by atoms with Crippen LogP contribution in [0.15, 0.2) is 60.1 Å². The molecule has 3 amide bonds. The molecule has 56 heavy (non-hydrogen) atoms. The van der Waals surface area contributed by atoms with Crippen LogP contribution < -0.4 is 90.6 Å². The number of likely N-dealkylation sites (tertiary alicyclic amines) is 1. The van der Waals surface area contributed by atoms with Gasteiger partial charge in [-0.15, -0.1) is 27.6 Å². The fourth-order valence-electron chi connectivity index (χ4n) is 7.31. The van der Waals surface area contributed by atoms with Gasteiger partial charge in [-0.25, -0.2) is 4.98 Å². The molecule has 0 radical (unpaired) electrons. The number of nitrogen functional groups attached to an aromatic ring is 1. The zero-order chi connectivity index (χ0) is 38.7. The van der Waals surface area contributed by atoms with Crippen molar-refractivity contribution in [3.63, 3.8) is 0 Å². The number of nitrogens with zero attached hydrogens (tertiary/aromatic N) is 5. The van der Waals surface area contributed by atoms with E-state index in [9.17, 15) is 24.6 Å². The van der Waals surface area contributed by atoms with E-state index in [0.29, 0.717) is 42.9 Å². The summed E-state index contributed by atoms with van der Waals surface area (Å²) >= 11 is 1.57. The average molecular weight is 799 g/mol. The van der Waals surface area contributed by atoms with Gasteiger partial charge in [-0.1, -0.05) is 75.1 Å². The van der Waals surface area contributed by atoms with Crippen LogP contribution in [0.5, 0.6) is 5.75 Å². The van der Waals surface area contributed by atoms with Crippen molar-refractivity contribution in [2.24, 2.45) is 11.3 Å². The summed E-state index contributed by atoms with van der Waals surface area (Å²) in [6.07, 6.45) is 0.516. The molecule has 0 unspecified atom stereocenters. The molecule has 2 aliphatic rings. The summed E-state index contributed by atoms with van der Waals surface area (Å²) in [5.41, 5.74) is 11.8. The normalized spacial score (nSPS) is 18.3. The van der Waals surface area contributed by atoms with Gasteiger partial charge in [0, 0.05) is 26.1 Å². The summed E-state index contributed by atoms with van der Waals surface area (Å²) in [6.45, 7) is 10.6. The van der Waals surface area contributed by atoms with Crippen LogP contribution in [-0.4, -0.2) is 75.6 Å². The molecule has 0 bridgehead atoms. The summed E-state index contributed by atoms with van der Waals surface area (Å²) in [5.74, 6) is -0.900. The second-order valence-corrected chi connectivity index (χ2v) is 16.3. The zero-order valence-corrected chi connectivity index (χ0v) is 38.2. The molecule has 2 saturated heterocycles. The Morgan fingerprint density at radius 2 is 1.70 bits per heavy atom. The van der Waals surface area contributed by atoms with E-state index < -0.39 is 35.4 Å². The van der Waals surface area contributed by atoms with Crippen molar-refractivity contribution in [3.05, 3.63) is 71.4 Å². The fourth-order valence-corrected chi connectivity index (χ4v) is 8.13. The number of nitrogens with one attached hydrogen (secondary N) is 2. The van der Waals surface area contributed by atoms with Crippen molar-refractivity contribution in [3.8, 4) is 27.4 Å². The molecule has 2 aromatic heterocycles. The van der Waals surface area contributed by atoms with Crippen molar-refractivity contribution < 1.29 is 83.7 Å². The number of aryl methyl sites for hydroxylation is 1. The second kappa shape index (κ2) is 19.6. The summed E-state index contributed by atoms with van der Waals surface area (Å²) in [6, 6.07) is 14.1. The first-order chi connectivity index (χ1) is 25.7. The minimum atomic E-state index is -1.11. The maximum absolute atomic E-state index is 14.1. The van der Waals surface area contributed by atoms with Crippen LogP contribution >= 0.6 is 11.3 Å². The third-order valence-electron chi connectivity index (χ3n) is 10.4. The Morgan fingerprint density at radius 1 is 1.02 bits per heavy atom. The van der Waals surface area contributed by atoms with Gasteiger partial charge < -0.3 is 36.4 Å². The van der Waals surface area contributed by atoms with Crippen molar-refractivity contribution in [2.75, 3.05) is 30.3 Å². The van der Waals surface area contributed by atoms with Crippen molar-refractivity contribution in [2.45, 2.75) is 84.5 Å². The smallest absolute Gasteiger partial charge is 0.872 e. The largest absolute Gasteiger partial charge is 1.00 e. The number of thiazole rings is 1. The van der Waals surface area contributed by atoms with E-state index in [-0.39, 0.29) is 108 Å². The Balaban J connectivity index is 0.00000348. The number of hydrogen-bond donors (Lipinski definition) is 3. The molecule has 4 atom stereocenters.